The molecule has 1 aliphatic carbocycles. The van der Waals surface area contributed by atoms with Gasteiger partial charge in [0.05, 0.1) is 5.41 Å². The van der Waals surface area contributed by atoms with Gasteiger partial charge in [0.15, 0.2) is 5.69 Å². The molecule has 0 bridgehead atoms. The second kappa shape index (κ2) is 7.85. The van der Waals surface area contributed by atoms with Gasteiger partial charge in [-0.1, -0.05) is 12.1 Å². The Morgan fingerprint density at radius 1 is 1.32 bits per heavy atom. The van der Waals surface area contributed by atoms with Gasteiger partial charge in [-0.15, -0.1) is 0 Å². The van der Waals surface area contributed by atoms with Crippen LogP contribution in [0.1, 0.15) is 81.0 Å². The van der Waals surface area contributed by atoms with E-state index < -0.39 is 0 Å². The molecular formula is C21H32N4O3. The molecule has 2 saturated heterocycles. The number of carbonyl (C=O) groups is 2. The lowest BCUT2D eigenvalue weighted by atomic mass is 9.74. The zero-order valence-corrected chi connectivity index (χ0v) is 17.0. The number of nitrogens with zero attached hydrogens (tertiary/aromatic N) is 2. The van der Waals surface area contributed by atoms with Gasteiger partial charge in [-0.05, 0) is 65.0 Å². The summed E-state index contributed by atoms with van der Waals surface area (Å²) in [6.07, 6.45) is 6.54. The lowest BCUT2D eigenvalue weighted by molar-refractivity contribution is -0.148. The van der Waals surface area contributed by atoms with Crippen LogP contribution in [0, 0.1) is 5.41 Å². The summed E-state index contributed by atoms with van der Waals surface area (Å²) in [5.41, 5.74) is 0.155. The van der Waals surface area contributed by atoms with E-state index in [-0.39, 0.29) is 23.4 Å². The minimum absolute atomic E-state index is 0.0678. The van der Waals surface area contributed by atoms with Crippen LogP contribution in [-0.2, 0) is 4.79 Å². The average Bonchev–Trinajstić information content (AvgIpc) is 3.44. The normalized spacial score (nSPS) is 27.4. The summed E-state index contributed by atoms with van der Waals surface area (Å²) in [5, 5.41) is 10.4. The Balaban J connectivity index is 1.34. The van der Waals surface area contributed by atoms with Gasteiger partial charge >= 0.3 is 0 Å². The Labute approximate surface area is 166 Å². The van der Waals surface area contributed by atoms with Crippen molar-refractivity contribution >= 4 is 11.8 Å². The summed E-state index contributed by atoms with van der Waals surface area (Å²) >= 11 is 0. The van der Waals surface area contributed by atoms with Crippen molar-refractivity contribution in [1.29, 1.82) is 0 Å². The van der Waals surface area contributed by atoms with Gasteiger partial charge in [0, 0.05) is 30.6 Å². The molecule has 0 radical (unpaired) electrons. The van der Waals surface area contributed by atoms with Gasteiger partial charge in [-0.2, -0.15) is 0 Å². The number of hydrogen-bond acceptors (Lipinski definition) is 5. The molecule has 3 heterocycles. The minimum Gasteiger partial charge on any atom is -0.360 e. The summed E-state index contributed by atoms with van der Waals surface area (Å²) in [5.74, 6) is 1.41. The van der Waals surface area contributed by atoms with Crippen LogP contribution in [0.3, 0.4) is 0 Å². The number of nitrogens with one attached hydrogen (secondary N) is 2. The van der Waals surface area contributed by atoms with Gasteiger partial charge in [-0.3, -0.25) is 9.59 Å². The molecule has 1 aromatic heterocycles. The number of likely N-dealkylation sites (tertiary alicyclic amines) is 1. The van der Waals surface area contributed by atoms with Crippen molar-refractivity contribution in [3.8, 4) is 0 Å². The fourth-order valence-electron chi connectivity index (χ4n) is 4.75. The van der Waals surface area contributed by atoms with Crippen LogP contribution in [0.25, 0.3) is 0 Å². The van der Waals surface area contributed by atoms with E-state index in [0.717, 1.165) is 63.8 Å². The van der Waals surface area contributed by atoms with Gasteiger partial charge in [-0.25, -0.2) is 0 Å². The number of aromatic nitrogens is 1. The summed E-state index contributed by atoms with van der Waals surface area (Å²) in [6, 6.07) is 1.97. The Morgan fingerprint density at radius 2 is 2.07 bits per heavy atom. The van der Waals surface area contributed by atoms with E-state index in [1.165, 1.54) is 0 Å². The Hall–Kier alpha value is -1.89. The van der Waals surface area contributed by atoms with Gasteiger partial charge in [0.2, 0.25) is 5.91 Å². The van der Waals surface area contributed by atoms with Crippen molar-refractivity contribution in [3.63, 3.8) is 0 Å². The standard InChI is InChI=1S/C21H32N4O3/c1-3-21(7-9-22-10-8-21)20(27)25-11-6-16(12-14(25)2)23-19(26)17-13-18(28-24-17)15-4-5-15/h13-16,22H,3-12H2,1-2H3,(H,23,26)/t14-,16?/m1/s1. The summed E-state index contributed by atoms with van der Waals surface area (Å²) in [6.45, 7) is 6.77. The second-order valence-corrected chi connectivity index (χ2v) is 8.82. The number of amides is 2. The predicted octanol–water partition coefficient (Wildman–Crippen LogP) is 2.44. The molecule has 2 amide bonds. The Morgan fingerprint density at radius 3 is 2.71 bits per heavy atom. The third-order valence-electron chi connectivity index (χ3n) is 6.90. The third kappa shape index (κ3) is 3.81. The van der Waals surface area contributed by atoms with Crippen LogP contribution in [0.15, 0.2) is 10.6 Å². The Bertz CT molecular complexity index is 721. The molecule has 28 heavy (non-hydrogen) atoms. The van der Waals surface area contributed by atoms with Crippen molar-refractivity contribution in [2.75, 3.05) is 19.6 Å². The first-order valence-corrected chi connectivity index (χ1v) is 10.8. The summed E-state index contributed by atoms with van der Waals surface area (Å²) in [4.78, 5) is 27.9. The van der Waals surface area contributed by atoms with Crippen LogP contribution >= 0.6 is 0 Å². The van der Waals surface area contributed by atoms with Crippen LogP contribution in [0.5, 0.6) is 0 Å². The van der Waals surface area contributed by atoms with Crippen LogP contribution in [-0.4, -0.2) is 53.6 Å². The molecule has 3 aliphatic rings. The highest BCUT2D eigenvalue weighted by molar-refractivity contribution is 5.92. The number of rotatable bonds is 5. The Kier molecular flexibility index (Phi) is 5.45. The predicted molar refractivity (Wildman–Crippen MR) is 105 cm³/mol. The van der Waals surface area contributed by atoms with E-state index in [0.29, 0.717) is 24.1 Å². The molecule has 154 valence electrons. The van der Waals surface area contributed by atoms with E-state index >= 15 is 0 Å². The molecule has 0 spiro atoms. The largest absolute Gasteiger partial charge is 0.360 e. The highest BCUT2D eigenvalue weighted by Gasteiger charge is 2.43. The van der Waals surface area contributed by atoms with Crippen molar-refractivity contribution in [2.24, 2.45) is 5.41 Å². The maximum absolute atomic E-state index is 13.3. The molecule has 7 heteroatoms. The number of hydrogen-bond donors (Lipinski definition) is 2. The maximum atomic E-state index is 13.3. The van der Waals surface area contributed by atoms with Gasteiger partial charge in [0.1, 0.15) is 5.76 Å². The fourth-order valence-corrected chi connectivity index (χ4v) is 4.75. The first-order chi connectivity index (χ1) is 13.5. The first-order valence-electron chi connectivity index (χ1n) is 10.8. The minimum atomic E-state index is -0.213. The van der Waals surface area contributed by atoms with E-state index in [1.807, 2.05) is 0 Å². The zero-order valence-electron chi connectivity index (χ0n) is 17.0. The fraction of sp³-hybridized carbons (Fsp3) is 0.762. The van der Waals surface area contributed by atoms with Gasteiger partial charge < -0.3 is 20.1 Å². The quantitative estimate of drug-likeness (QED) is 0.809. The van der Waals surface area contributed by atoms with Crippen molar-refractivity contribution < 1.29 is 14.1 Å². The lowest BCUT2D eigenvalue weighted by Crippen LogP contribution is -2.56. The van der Waals surface area contributed by atoms with E-state index in [2.05, 4.69) is 34.5 Å². The van der Waals surface area contributed by atoms with Crippen LogP contribution in [0.4, 0.5) is 0 Å². The second-order valence-electron chi connectivity index (χ2n) is 8.82. The van der Waals surface area contributed by atoms with Crippen LogP contribution in [0.2, 0.25) is 0 Å². The lowest BCUT2D eigenvalue weighted by Gasteiger charge is -2.45. The van der Waals surface area contributed by atoms with Crippen molar-refractivity contribution in [2.45, 2.75) is 76.8 Å². The van der Waals surface area contributed by atoms with E-state index in [4.69, 9.17) is 4.52 Å². The molecule has 0 aromatic carbocycles. The average molecular weight is 389 g/mol. The molecule has 2 atom stereocenters. The molecule has 2 aliphatic heterocycles. The van der Waals surface area contributed by atoms with Crippen molar-refractivity contribution in [1.82, 2.24) is 20.7 Å². The third-order valence-corrected chi connectivity index (χ3v) is 6.90. The SMILES string of the molecule is CCC1(C(=O)N2CCC(NC(=O)c3cc(C4CC4)on3)C[C@H]2C)CCNCC1. The molecule has 1 saturated carbocycles. The van der Waals surface area contributed by atoms with Crippen LogP contribution < -0.4 is 10.6 Å². The molecule has 1 aromatic rings. The molecule has 1 unspecified atom stereocenters. The molecule has 2 N–H and O–H groups in total. The molecule has 3 fully saturated rings. The monoisotopic (exact) mass is 388 g/mol. The van der Waals surface area contributed by atoms with E-state index in [1.54, 1.807) is 6.07 Å². The molecule has 7 nitrogen and oxygen atoms in total. The highest BCUT2D eigenvalue weighted by atomic mass is 16.5. The maximum Gasteiger partial charge on any atom is 0.273 e. The highest BCUT2D eigenvalue weighted by Crippen LogP contribution is 2.40. The topological polar surface area (TPSA) is 87.5 Å². The van der Waals surface area contributed by atoms with Gasteiger partial charge in [0.25, 0.3) is 5.91 Å². The first kappa shape index (κ1) is 19.4. The van der Waals surface area contributed by atoms with Crippen molar-refractivity contribution in [3.05, 3.63) is 17.5 Å². The zero-order chi connectivity index (χ0) is 19.7. The molecule has 4 rings (SSSR count). The van der Waals surface area contributed by atoms with E-state index in [9.17, 15) is 9.59 Å². The summed E-state index contributed by atoms with van der Waals surface area (Å²) < 4.78 is 5.29. The summed E-state index contributed by atoms with van der Waals surface area (Å²) in [7, 11) is 0. The smallest absolute Gasteiger partial charge is 0.273 e. The number of carbonyl (C=O) groups excluding carboxylic acids is 2. The number of piperidine rings is 2. The molecular weight excluding hydrogens is 356 g/mol.